The molecular weight excluding hydrogens is 384 g/mol. The average molecular weight is 417 g/mol. The van der Waals surface area contributed by atoms with E-state index in [2.05, 4.69) is 79.7 Å². The molecule has 2 atom stereocenters. The molecule has 3 heteroatoms. The molecule has 0 aliphatic heterocycles. The molecule has 31 heavy (non-hydrogen) atoms. The van der Waals surface area contributed by atoms with Crippen LogP contribution in [0.5, 0.6) is 0 Å². The zero-order valence-corrected chi connectivity index (χ0v) is 18.2. The molecule has 0 bridgehead atoms. The molecule has 3 nitrogen and oxygen atoms in total. The van der Waals surface area contributed by atoms with Gasteiger partial charge in [0, 0.05) is 0 Å². The largest absolute Gasteiger partial charge is 0.371 e. The molecule has 1 aliphatic carbocycles. The average Bonchev–Trinajstić information content (AvgIpc) is 2.82. The standard InChI is InChI=1S/C28H32O3/c1-22-17-26(29-19-23-11-5-2-6-12-23)28(31-21-25-15-9-4-10-16-25)27(18-22)30-20-24-13-7-3-8-14-24/h2-16,22,26-28H,17-21H2,1H3. The quantitative estimate of drug-likeness (QED) is 0.417. The first-order valence-electron chi connectivity index (χ1n) is 11.2. The van der Waals surface area contributed by atoms with Gasteiger partial charge in [-0.2, -0.15) is 0 Å². The predicted molar refractivity (Wildman–Crippen MR) is 123 cm³/mol. The van der Waals surface area contributed by atoms with Crippen LogP contribution >= 0.6 is 0 Å². The summed E-state index contributed by atoms with van der Waals surface area (Å²) in [4.78, 5) is 0. The molecule has 3 aromatic rings. The first kappa shape index (κ1) is 21.8. The van der Waals surface area contributed by atoms with Crippen LogP contribution in [0, 0.1) is 5.92 Å². The van der Waals surface area contributed by atoms with Crippen molar-refractivity contribution in [1.82, 2.24) is 0 Å². The molecule has 0 N–H and O–H groups in total. The van der Waals surface area contributed by atoms with Crippen LogP contribution in [-0.4, -0.2) is 18.3 Å². The molecule has 1 fully saturated rings. The fraction of sp³-hybridized carbons (Fsp3) is 0.357. The highest BCUT2D eigenvalue weighted by atomic mass is 16.6. The van der Waals surface area contributed by atoms with E-state index in [0.717, 1.165) is 12.8 Å². The van der Waals surface area contributed by atoms with Gasteiger partial charge in [-0.3, -0.25) is 0 Å². The van der Waals surface area contributed by atoms with E-state index in [1.807, 2.05) is 18.2 Å². The lowest BCUT2D eigenvalue weighted by atomic mass is 9.84. The third-order valence-electron chi connectivity index (χ3n) is 5.90. The predicted octanol–water partition coefficient (Wildman–Crippen LogP) is 6.17. The van der Waals surface area contributed by atoms with E-state index >= 15 is 0 Å². The summed E-state index contributed by atoms with van der Waals surface area (Å²) in [6.07, 6.45) is 1.89. The second-order valence-corrected chi connectivity index (χ2v) is 8.51. The van der Waals surface area contributed by atoms with E-state index in [-0.39, 0.29) is 18.3 Å². The van der Waals surface area contributed by atoms with E-state index in [4.69, 9.17) is 14.2 Å². The number of hydrogen-bond acceptors (Lipinski definition) is 3. The lowest BCUT2D eigenvalue weighted by Crippen LogP contribution is -2.48. The molecule has 3 aromatic carbocycles. The van der Waals surface area contributed by atoms with Crippen molar-refractivity contribution < 1.29 is 14.2 Å². The topological polar surface area (TPSA) is 27.7 Å². The Morgan fingerprint density at radius 2 is 0.903 bits per heavy atom. The van der Waals surface area contributed by atoms with Crippen LogP contribution in [0.1, 0.15) is 36.5 Å². The third-order valence-corrected chi connectivity index (χ3v) is 5.90. The summed E-state index contributed by atoms with van der Waals surface area (Å²) in [7, 11) is 0. The highest BCUT2D eigenvalue weighted by molar-refractivity contribution is 5.15. The molecule has 0 heterocycles. The van der Waals surface area contributed by atoms with Crippen LogP contribution in [0.2, 0.25) is 0 Å². The molecular formula is C28H32O3. The molecule has 2 unspecified atom stereocenters. The molecule has 1 aliphatic rings. The highest BCUT2D eigenvalue weighted by Gasteiger charge is 2.38. The zero-order chi connectivity index (χ0) is 21.3. The number of rotatable bonds is 9. The fourth-order valence-electron chi connectivity index (χ4n) is 4.26. The molecule has 0 amide bonds. The van der Waals surface area contributed by atoms with Crippen LogP contribution in [0.3, 0.4) is 0 Å². The van der Waals surface area contributed by atoms with Crippen molar-refractivity contribution in [2.75, 3.05) is 0 Å². The van der Waals surface area contributed by atoms with Gasteiger partial charge in [0.1, 0.15) is 6.10 Å². The fourth-order valence-corrected chi connectivity index (χ4v) is 4.26. The molecule has 162 valence electrons. The minimum Gasteiger partial charge on any atom is -0.371 e. The van der Waals surface area contributed by atoms with Gasteiger partial charge in [0.25, 0.3) is 0 Å². The summed E-state index contributed by atoms with van der Waals surface area (Å²) in [6.45, 7) is 4.03. The zero-order valence-electron chi connectivity index (χ0n) is 18.2. The van der Waals surface area contributed by atoms with Gasteiger partial charge in [-0.15, -0.1) is 0 Å². The van der Waals surface area contributed by atoms with Crippen molar-refractivity contribution in [3.63, 3.8) is 0 Å². The lowest BCUT2D eigenvalue weighted by Gasteiger charge is -2.40. The van der Waals surface area contributed by atoms with Gasteiger partial charge in [-0.05, 0) is 35.4 Å². The first-order valence-corrected chi connectivity index (χ1v) is 11.2. The van der Waals surface area contributed by atoms with Crippen LogP contribution in [0.15, 0.2) is 91.0 Å². The van der Waals surface area contributed by atoms with E-state index < -0.39 is 0 Å². The Hall–Kier alpha value is -2.46. The van der Waals surface area contributed by atoms with Gasteiger partial charge < -0.3 is 14.2 Å². The van der Waals surface area contributed by atoms with Gasteiger partial charge >= 0.3 is 0 Å². The number of ether oxygens (including phenoxy) is 3. The summed E-state index contributed by atoms with van der Waals surface area (Å²) < 4.78 is 19.3. The summed E-state index contributed by atoms with van der Waals surface area (Å²) in [5.74, 6) is 0.526. The van der Waals surface area contributed by atoms with Gasteiger partial charge in [-0.25, -0.2) is 0 Å². The van der Waals surface area contributed by atoms with E-state index in [1.54, 1.807) is 0 Å². The summed E-state index contributed by atoms with van der Waals surface area (Å²) in [5.41, 5.74) is 3.54. The Morgan fingerprint density at radius 3 is 1.29 bits per heavy atom. The van der Waals surface area contributed by atoms with Crippen molar-refractivity contribution in [1.29, 1.82) is 0 Å². The Kier molecular flexibility index (Phi) is 7.89. The normalized spacial score (nSPS) is 23.5. The molecule has 0 saturated heterocycles. The number of hydrogen-bond donors (Lipinski definition) is 0. The first-order chi connectivity index (χ1) is 15.3. The van der Waals surface area contributed by atoms with Crippen LogP contribution < -0.4 is 0 Å². The molecule has 4 rings (SSSR count). The van der Waals surface area contributed by atoms with E-state index in [0.29, 0.717) is 25.7 Å². The number of benzene rings is 3. The smallest absolute Gasteiger partial charge is 0.110 e. The van der Waals surface area contributed by atoms with Gasteiger partial charge in [0.15, 0.2) is 0 Å². The maximum Gasteiger partial charge on any atom is 0.110 e. The third kappa shape index (κ3) is 6.51. The monoisotopic (exact) mass is 416 g/mol. The molecule has 0 spiro atoms. The highest BCUT2D eigenvalue weighted by Crippen LogP contribution is 2.32. The van der Waals surface area contributed by atoms with Crippen molar-refractivity contribution >= 4 is 0 Å². The van der Waals surface area contributed by atoms with E-state index in [1.165, 1.54) is 16.7 Å². The molecule has 1 saturated carbocycles. The Bertz CT molecular complexity index is 828. The maximum absolute atomic E-state index is 6.47. The van der Waals surface area contributed by atoms with Crippen LogP contribution in [-0.2, 0) is 34.0 Å². The second-order valence-electron chi connectivity index (χ2n) is 8.51. The minimum absolute atomic E-state index is 0.00782. The van der Waals surface area contributed by atoms with Crippen LogP contribution in [0.4, 0.5) is 0 Å². The van der Waals surface area contributed by atoms with Gasteiger partial charge in [0.2, 0.25) is 0 Å². The Balaban J connectivity index is 1.46. The Morgan fingerprint density at radius 1 is 0.548 bits per heavy atom. The van der Waals surface area contributed by atoms with Crippen molar-refractivity contribution in [2.45, 2.75) is 57.9 Å². The van der Waals surface area contributed by atoms with Gasteiger partial charge in [0.05, 0.1) is 32.0 Å². The Labute approximate surface area is 186 Å². The minimum atomic E-state index is -0.0937. The second kappa shape index (κ2) is 11.2. The summed E-state index contributed by atoms with van der Waals surface area (Å²) in [6, 6.07) is 31.0. The molecule has 0 radical (unpaired) electrons. The lowest BCUT2D eigenvalue weighted by molar-refractivity contribution is -0.178. The van der Waals surface area contributed by atoms with Crippen molar-refractivity contribution in [2.24, 2.45) is 5.92 Å². The SMILES string of the molecule is CC1CC(OCc2ccccc2)C(OCc2ccccc2)C(OCc2ccccc2)C1. The summed E-state index contributed by atoms with van der Waals surface area (Å²) >= 11 is 0. The van der Waals surface area contributed by atoms with Crippen LogP contribution in [0.25, 0.3) is 0 Å². The van der Waals surface area contributed by atoms with E-state index in [9.17, 15) is 0 Å². The maximum atomic E-state index is 6.47. The van der Waals surface area contributed by atoms with Crippen molar-refractivity contribution in [3.05, 3.63) is 108 Å². The summed E-state index contributed by atoms with van der Waals surface area (Å²) in [5, 5.41) is 0. The molecule has 0 aromatic heterocycles. The van der Waals surface area contributed by atoms with Gasteiger partial charge in [-0.1, -0.05) is 97.9 Å². The van der Waals surface area contributed by atoms with Crippen molar-refractivity contribution in [3.8, 4) is 0 Å².